The van der Waals surface area contributed by atoms with Crippen molar-refractivity contribution in [1.82, 2.24) is 14.9 Å². The van der Waals surface area contributed by atoms with Gasteiger partial charge in [-0.25, -0.2) is 9.97 Å². The number of benzene rings is 1. The Balaban J connectivity index is 1.76. The molecule has 0 aliphatic carbocycles. The lowest BCUT2D eigenvalue weighted by atomic mass is 9.86. The van der Waals surface area contributed by atoms with Crippen LogP contribution in [0.5, 0.6) is 0 Å². The van der Waals surface area contributed by atoms with E-state index in [1.54, 1.807) is 12.4 Å². The number of aromatic nitrogens is 2. The Morgan fingerprint density at radius 2 is 1.96 bits per heavy atom. The second-order valence-electron chi connectivity index (χ2n) is 8.26. The summed E-state index contributed by atoms with van der Waals surface area (Å²) in [6.07, 6.45) is 7.58. The number of carbonyl (C=O) groups is 1. The van der Waals surface area contributed by atoms with E-state index < -0.39 is 0 Å². The third kappa shape index (κ3) is 4.46. The molecule has 2 aromatic rings. The number of amides is 1. The van der Waals surface area contributed by atoms with Gasteiger partial charge in [-0.2, -0.15) is 0 Å². The van der Waals surface area contributed by atoms with Crippen molar-refractivity contribution in [2.45, 2.75) is 64.8 Å². The lowest BCUT2D eigenvalue weighted by molar-refractivity contribution is 0.0601. The van der Waals surface area contributed by atoms with E-state index in [2.05, 4.69) is 49.0 Å². The van der Waals surface area contributed by atoms with E-state index >= 15 is 0 Å². The maximum absolute atomic E-state index is 12.8. The average molecular weight is 367 g/mol. The van der Waals surface area contributed by atoms with E-state index in [-0.39, 0.29) is 11.3 Å². The summed E-state index contributed by atoms with van der Waals surface area (Å²) in [5.74, 6) is 0.643. The summed E-state index contributed by atoms with van der Waals surface area (Å²) in [6.45, 7) is 9.51. The molecule has 5 heteroatoms. The summed E-state index contributed by atoms with van der Waals surface area (Å²) in [4.78, 5) is 23.6. The van der Waals surface area contributed by atoms with Gasteiger partial charge < -0.3 is 10.2 Å². The lowest BCUT2D eigenvalue weighted by Crippen LogP contribution is -2.43. The molecule has 0 radical (unpaired) electrons. The quantitative estimate of drug-likeness (QED) is 0.834. The number of hydrogen-bond donors (Lipinski definition) is 1. The molecule has 1 aromatic carbocycles. The molecule has 0 bridgehead atoms. The van der Waals surface area contributed by atoms with Crippen molar-refractivity contribution in [3.8, 4) is 0 Å². The van der Waals surface area contributed by atoms with Crippen molar-refractivity contribution in [2.24, 2.45) is 0 Å². The fourth-order valence-electron chi connectivity index (χ4n) is 3.73. The minimum absolute atomic E-state index is 0.00399. The molecule has 1 saturated heterocycles. The number of hydrogen-bond acceptors (Lipinski definition) is 4. The third-order valence-corrected chi connectivity index (χ3v) is 5.23. The summed E-state index contributed by atoms with van der Waals surface area (Å²) in [5, 5.41) is 3.35. The topological polar surface area (TPSA) is 58.1 Å². The largest absolute Gasteiger partial charge is 0.339 e. The number of nitrogens with one attached hydrogen (secondary N) is 1. The first-order valence-electron chi connectivity index (χ1n) is 9.89. The second kappa shape index (κ2) is 8.07. The third-order valence-electron chi connectivity index (χ3n) is 5.23. The number of likely N-dealkylation sites (tertiary alicyclic amines) is 1. The number of para-hydroxylation sites is 1. The molecule has 1 aromatic heterocycles. The van der Waals surface area contributed by atoms with E-state index in [9.17, 15) is 4.79 Å². The maximum atomic E-state index is 12.8. The van der Waals surface area contributed by atoms with E-state index in [0.717, 1.165) is 31.5 Å². The highest BCUT2D eigenvalue weighted by molar-refractivity contribution is 5.92. The van der Waals surface area contributed by atoms with Crippen LogP contribution in [0.1, 0.15) is 69.4 Å². The van der Waals surface area contributed by atoms with Crippen molar-refractivity contribution < 1.29 is 4.79 Å². The number of nitrogens with zero attached hydrogens (tertiary/aromatic N) is 3. The first-order valence-corrected chi connectivity index (χ1v) is 9.89. The molecule has 1 atom stereocenters. The molecule has 27 heavy (non-hydrogen) atoms. The van der Waals surface area contributed by atoms with Gasteiger partial charge in [0.05, 0.1) is 12.4 Å². The van der Waals surface area contributed by atoms with Gasteiger partial charge in [-0.1, -0.05) is 45.9 Å². The van der Waals surface area contributed by atoms with E-state index in [4.69, 9.17) is 0 Å². The molecule has 1 unspecified atom stereocenters. The Bertz CT molecular complexity index is 780. The average Bonchev–Trinajstić information content (AvgIpc) is 2.67. The summed E-state index contributed by atoms with van der Waals surface area (Å²) in [6, 6.07) is 8.53. The van der Waals surface area contributed by atoms with Crippen LogP contribution in [-0.2, 0) is 5.41 Å². The number of anilines is 2. The second-order valence-corrected chi connectivity index (χ2v) is 8.26. The van der Waals surface area contributed by atoms with Crippen molar-refractivity contribution in [2.75, 3.05) is 11.9 Å². The predicted octanol–water partition coefficient (Wildman–Crippen LogP) is 4.92. The molecule has 2 heterocycles. The van der Waals surface area contributed by atoms with Gasteiger partial charge in [0.25, 0.3) is 5.91 Å². The predicted molar refractivity (Wildman–Crippen MR) is 109 cm³/mol. The van der Waals surface area contributed by atoms with E-state index in [1.165, 1.54) is 12.0 Å². The molecular weight excluding hydrogens is 336 g/mol. The molecule has 0 spiro atoms. The molecule has 5 nitrogen and oxygen atoms in total. The normalized spacial score (nSPS) is 17.6. The number of carbonyl (C=O) groups excluding carboxylic acids is 1. The van der Waals surface area contributed by atoms with Crippen molar-refractivity contribution in [3.63, 3.8) is 0 Å². The van der Waals surface area contributed by atoms with Crippen LogP contribution in [0.3, 0.4) is 0 Å². The summed E-state index contributed by atoms with van der Waals surface area (Å²) >= 11 is 0. The van der Waals surface area contributed by atoms with Gasteiger partial charge in [-0.05, 0) is 42.7 Å². The zero-order chi connectivity index (χ0) is 19.4. The minimum Gasteiger partial charge on any atom is -0.339 e. The lowest BCUT2D eigenvalue weighted by Gasteiger charge is -2.34. The fourth-order valence-corrected chi connectivity index (χ4v) is 3.73. The monoisotopic (exact) mass is 366 g/mol. The molecular formula is C22H30N4O. The smallest absolute Gasteiger partial charge is 0.274 e. The summed E-state index contributed by atoms with van der Waals surface area (Å²) < 4.78 is 0. The molecule has 0 saturated carbocycles. The standard InChI is InChI=1S/C22H30N4O/c1-5-16-10-8-9-13-26(16)21(27)19-14-24-20(15-23-19)25-18-12-7-6-11-17(18)22(2,3)4/h6-7,11-12,14-16H,5,8-10,13H2,1-4H3,(H,24,25). The molecule has 1 N–H and O–H groups in total. The molecule has 3 rings (SSSR count). The Morgan fingerprint density at radius 1 is 1.19 bits per heavy atom. The summed E-state index contributed by atoms with van der Waals surface area (Å²) in [5.41, 5.74) is 2.67. The zero-order valence-corrected chi connectivity index (χ0v) is 16.8. The first-order chi connectivity index (χ1) is 12.9. The van der Waals surface area contributed by atoms with Gasteiger partial charge in [0.1, 0.15) is 11.5 Å². The maximum Gasteiger partial charge on any atom is 0.274 e. The minimum atomic E-state index is -0.00399. The molecule has 1 aliphatic heterocycles. The van der Waals surface area contributed by atoms with Crippen LogP contribution in [0.4, 0.5) is 11.5 Å². The van der Waals surface area contributed by atoms with E-state index in [1.807, 2.05) is 23.1 Å². The van der Waals surface area contributed by atoms with Crippen molar-refractivity contribution in [1.29, 1.82) is 0 Å². The highest BCUT2D eigenvalue weighted by atomic mass is 16.2. The highest BCUT2D eigenvalue weighted by Gasteiger charge is 2.27. The van der Waals surface area contributed by atoms with Crippen LogP contribution < -0.4 is 5.32 Å². The Morgan fingerprint density at radius 3 is 2.63 bits per heavy atom. The van der Waals surface area contributed by atoms with Gasteiger partial charge in [0.15, 0.2) is 0 Å². The van der Waals surface area contributed by atoms with Crippen molar-refractivity contribution >= 4 is 17.4 Å². The van der Waals surface area contributed by atoms with Crippen LogP contribution in [0, 0.1) is 0 Å². The highest BCUT2D eigenvalue weighted by Crippen LogP contribution is 2.30. The van der Waals surface area contributed by atoms with Crippen LogP contribution in [0.25, 0.3) is 0 Å². The van der Waals surface area contributed by atoms with Crippen molar-refractivity contribution in [3.05, 3.63) is 47.9 Å². The van der Waals surface area contributed by atoms with Gasteiger partial charge in [-0.3, -0.25) is 4.79 Å². The SMILES string of the molecule is CCC1CCCCN1C(=O)c1cnc(Nc2ccccc2C(C)(C)C)cn1. The Kier molecular flexibility index (Phi) is 5.78. The Hall–Kier alpha value is -2.43. The number of rotatable bonds is 4. The zero-order valence-electron chi connectivity index (χ0n) is 16.8. The van der Waals surface area contributed by atoms with Crippen LogP contribution in [-0.4, -0.2) is 33.4 Å². The van der Waals surface area contributed by atoms with E-state index in [0.29, 0.717) is 17.6 Å². The first kappa shape index (κ1) is 19.3. The molecule has 1 amide bonds. The van der Waals surface area contributed by atoms with Gasteiger partial charge >= 0.3 is 0 Å². The van der Waals surface area contributed by atoms with Gasteiger partial charge in [0, 0.05) is 18.3 Å². The Labute approximate surface area is 162 Å². The number of piperidine rings is 1. The molecule has 1 aliphatic rings. The summed E-state index contributed by atoms with van der Waals surface area (Å²) in [7, 11) is 0. The van der Waals surface area contributed by atoms with Crippen LogP contribution in [0.15, 0.2) is 36.7 Å². The fraction of sp³-hybridized carbons (Fsp3) is 0.500. The van der Waals surface area contributed by atoms with Crippen LogP contribution >= 0.6 is 0 Å². The van der Waals surface area contributed by atoms with Gasteiger partial charge in [-0.15, -0.1) is 0 Å². The van der Waals surface area contributed by atoms with Gasteiger partial charge in [0.2, 0.25) is 0 Å². The molecule has 144 valence electrons. The van der Waals surface area contributed by atoms with Crippen LogP contribution in [0.2, 0.25) is 0 Å². The molecule has 1 fully saturated rings.